The molecule has 0 fully saturated rings. The van der Waals surface area contributed by atoms with Gasteiger partial charge in [0.05, 0.1) is 11.0 Å². The predicted molar refractivity (Wildman–Crippen MR) is 96.8 cm³/mol. The van der Waals surface area contributed by atoms with Gasteiger partial charge in [-0.25, -0.2) is 9.37 Å². The average Bonchev–Trinajstić information content (AvgIpc) is 2.98. The van der Waals surface area contributed by atoms with Gasteiger partial charge in [0, 0.05) is 12.0 Å². The smallest absolute Gasteiger partial charge is 0.185 e. The van der Waals surface area contributed by atoms with E-state index in [4.69, 9.17) is 0 Å². The van der Waals surface area contributed by atoms with Crippen LogP contribution in [0.4, 0.5) is 4.39 Å². The highest BCUT2D eigenvalue weighted by Gasteiger charge is 2.16. The quantitative estimate of drug-likeness (QED) is 0.596. The molecule has 1 aromatic carbocycles. The number of carbonyl (C=O) groups excluding carboxylic acids is 2. The molecule has 2 aromatic rings. The molecular formula is C20H23FN2O2. The normalized spacial score (nSPS) is 12.0. The second-order valence-corrected chi connectivity index (χ2v) is 6.43. The number of Topliss-reactive ketones (excluding diaryl/α,β-unsaturated/α-hetero) is 1. The van der Waals surface area contributed by atoms with E-state index in [1.165, 1.54) is 12.1 Å². The fourth-order valence-electron chi connectivity index (χ4n) is 2.60. The van der Waals surface area contributed by atoms with Crippen molar-refractivity contribution < 1.29 is 14.0 Å². The van der Waals surface area contributed by atoms with Crippen molar-refractivity contribution in [3.63, 3.8) is 0 Å². The number of H-pyrrole nitrogens is 1. The number of rotatable bonds is 7. The Morgan fingerprint density at radius 3 is 2.60 bits per heavy atom. The Balaban J connectivity index is 2.11. The first-order valence-electron chi connectivity index (χ1n) is 8.31. The maximum Gasteiger partial charge on any atom is 0.185 e. The minimum Gasteiger partial charge on any atom is -0.342 e. The summed E-state index contributed by atoms with van der Waals surface area (Å²) in [7, 11) is 0. The molecule has 0 bridgehead atoms. The molecule has 0 amide bonds. The SMILES string of the molecule is CC(C)=C(C)C(=O)/C(CCCc1nc2ccc(F)cc2[nH]1)=C(/C)C=O. The number of fused-ring (bicyclic) bond motifs is 1. The highest BCUT2D eigenvalue weighted by molar-refractivity contribution is 6.10. The molecule has 4 nitrogen and oxygen atoms in total. The third-order valence-electron chi connectivity index (χ3n) is 4.35. The standard InChI is InChI=1S/C20H23FN2O2/c1-12(2)14(4)20(25)16(13(3)11-24)6-5-7-19-22-17-9-8-15(21)10-18(17)23-19/h8-11H,5-7H2,1-4H3,(H,22,23)/b16-13-. The van der Waals surface area contributed by atoms with Gasteiger partial charge in [-0.3, -0.25) is 9.59 Å². The Kier molecular flexibility index (Phi) is 6.02. The van der Waals surface area contributed by atoms with Crippen molar-refractivity contribution in [2.75, 3.05) is 0 Å². The summed E-state index contributed by atoms with van der Waals surface area (Å²) in [4.78, 5) is 31.2. The van der Waals surface area contributed by atoms with Gasteiger partial charge in [0.25, 0.3) is 0 Å². The third-order valence-corrected chi connectivity index (χ3v) is 4.35. The predicted octanol–water partition coefficient (Wildman–Crippen LogP) is 4.47. The fourth-order valence-corrected chi connectivity index (χ4v) is 2.60. The number of nitrogens with one attached hydrogen (secondary N) is 1. The molecule has 0 atom stereocenters. The van der Waals surface area contributed by atoms with Crippen LogP contribution < -0.4 is 0 Å². The molecule has 1 N–H and O–H groups in total. The number of aldehydes is 1. The van der Waals surface area contributed by atoms with Gasteiger partial charge in [0.15, 0.2) is 5.78 Å². The zero-order valence-corrected chi connectivity index (χ0v) is 15.1. The molecule has 0 saturated carbocycles. The van der Waals surface area contributed by atoms with Gasteiger partial charge in [-0.15, -0.1) is 0 Å². The number of imidazole rings is 1. The summed E-state index contributed by atoms with van der Waals surface area (Å²) in [5.74, 6) is 0.365. The van der Waals surface area contributed by atoms with Gasteiger partial charge in [-0.05, 0) is 69.9 Å². The summed E-state index contributed by atoms with van der Waals surface area (Å²) >= 11 is 0. The van der Waals surface area contributed by atoms with E-state index < -0.39 is 0 Å². The van der Waals surface area contributed by atoms with Crippen LogP contribution >= 0.6 is 0 Å². The molecule has 0 aliphatic carbocycles. The Hall–Kier alpha value is -2.56. The number of benzene rings is 1. The molecule has 0 aliphatic heterocycles. The minimum absolute atomic E-state index is 0.0729. The van der Waals surface area contributed by atoms with Crippen LogP contribution in [0.1, 0.15) is 46.4 Å². The van der Waals surface area contributed by atoms with E-state index in [2.05, 4.69) is 9.97 Å². The number of aromatic nitrogens is 2. The number of aryl methyl sites for hydroxylation is 1. The van der Waals surface area contributed by atoms with Gasteiger partial charge in [-0.1, -0.05) is 5.57 Å². The van der Waals surface area contributed by atoms with E-state index in [0.717, 1.165) is 17.7 Å². The molecule has 2 rings (SSSR count). The Labute approximate surface area is 146 Å². The van der Waals surface area contributed by atoms with Gasteiger partial charge in [0.1, 0.15) is 17.9 Å². The Morgan fingerprint density at radius 1 is 1.24 bits per heavy atom. The zero-order valence-electron chi connectivity index (χ0n) is 15.1. The van der Waals surface area contributed by atoms with Crippen molar-refractivity contribution in [3.8, 4) is 0 Å². The van der Waals surface area contributed by atoms with Crippen molar-refractivity contribution in [1.29, 1.82) is 0 Å². The molecule has 132 valence electrons. The maximum atomic E-state index is 13.2. The van der Waals surface area contributed by atoms with Crippen molar-refractivity contribution in [2.24, 2.45) is 0 Å². The van der Waals surface area contributed by atoms with Crippen LogP contribution in [0.25, 0.3) is 11.0 Å². The first kappa shape index (κ1) is 18.8. The monoisotopic (exact) mass is 342 g/mol. The van der Waals surface area contributed by atoms with E-state index in [9.17, 15) is 14.0 Å². The highest BCUT2D eigenvalue weighted by Crippen LogP contribution is 2.20. The van der Waals surface area contributed by atoms with Crippen LogP contribution in [-0.2, 0) is 16.0 Å². The lowest BCUT2D eigenvalue weighted by atomic mass is 9.93. The number of hydrogen-bond acceptors (Lipinski definition) is 3. The van der Waals surface area contributed by atoms with E-state index in [0.29, 0.717) is 47.0 Å². The third kappa shape index (κ3) is 4.50. The molecule has 5 heteroatoms. The molecule has 0 unspecified atom stereocenters. The van der Waals surface area contributed by atoms with Crippen LogP contribution in [0.2, 0.25) is 0 Å². The second kappa shape index (κ2) is 8.01. The molecule has 1 heterocycles. The lowest BCUT2D eigenvalue weighted by Crippen LogP contribution is -2.09. The molecule has 0 spiro atoms. The van der Waals surface area contributed by atoms with Crippen molar-refractivity contribution in [1.82, 2.24) is 9.97 Å². The van der Waals surface area contributed by atoms with Crippen LogP contribution in [0.3, 0.4) is 0 Å². The van der Waals surface area contributed by atoms with Crippen molar-refractivity contribution in [2.45, 2.75) is 47.0 Å². The van der Waals surface area contributed by atoms with Crippen LogP contribution in [0.15, 0.2) is 40.5 Å². The maximum absolute atomic E-state index is 13.2. The average molecular weight is 342 g/mol. The van der Waals surface area contributed by atoms with Crippen molar-refractivity contribution >= 4 is 23.1 Å². The zero-order chi connectivity index (χ0) is 18.6. The first-order valence-corrected chi connectivity index (χ1v) is 8.31. The summed E-state index contributed by atoms with van der Waals surface area (Å²) in [5, 5.41) is 0. The fraction of sp³-hybridized carbons (Fsp3) is 0.350. The molecular weight excluding hydrogens is 319 g/mol. The summed E-state index contributed by atoms with van der Waals surface area (Å²) in [5.41, 5.74) is 4.02. The Morgan fingerprint density at radius 2 is 1.96 bits per heavy atom. The van der Waals surface area contributed by atoms with Gasteiger partial charge in [0.2, 0.25) is 0 Å². The summed E-state index contributed by atoms with van der Waals surface area (Å²) < 4.78 is 13.2. The topological polar surface area (TPSA) is 62.8 Å². The molecule has 25 heavy (non-hydrogen) atoms. The van der Waals surface area contributed by atoms with Crippen LogP contribution in [-0.4, -0.2) is 22.0 Å². The summed E-state index contributed by atoms with van der Waals surface area (Å²) in [6, 6.07) is 4.42. The van der Waals surface area contributed by atoms with Crippen molar-refractivity contribution in [3.05, 3.63) is 52.1 Å². The lowest BCUT2D eigenvalue weighted by Gasteiger charge is -2.10. The largest absolute Gasteiger partial charge is 0.342 e. The second-order valence-electron chi connectivity index (χ2n) is 6.43. The van der Waals surface area contributed by atoms with Crippen LogP contribution in [0, 0.1) is 5.82 Å². The molecule has 0 aliphatic rings. The molecule has 0 radical (unpaired) electrons. The number of nitrogens with zero attached hydrogens (tertiary/aromatic N) is 1. The number of aromatic amines is 1. The van der Waals surface area contributed by atoms with Gasteiger partial charge < -0.3 is 4.98 Å². The van der Waals surface area contributed by atoms with E-state index >= 15 is 0 Å². The highest BCUT2D eigenvalue weighted by atomic mass is 19.1. The van der Waals surface area contributed by atoms with Gasteiger partial charge in [-0.2, -0.15) is 0 Å². The number of allylic oxidation sites excluding steroid dienone is 4. The molecule has 1 aromatic heterocycles. The van der Waals surface area contributed by atoms with Crippen LogP contribution in [0.5, 0.6) is 0 Å². The minimum atomic E-state index is -0.308. The Bertz CT molecular complexity index is 871. The number of carbonyl (C=O) groups is 2. The summed E-state index contributed by atoms with van der Waals surface area (Å²) in [6.45, 7) is 7.22. The van der Waals surface area contributed by atoms with Gasteiger partial charge >= 0.3 is 0 Å². The van der Waals surface area contributed by atoms with E-state index in [1.807, 2.05) is 13.8 Å². The van der Waals surface area contributed by atoms with E-state index in [-0.39, 0.29) is 11.6 Å². The number of halogens is 1. The number of hydrogen-bond donors (Lipinski definition) is 1. The summed E-state index contributed by atoms with van der Waals surface area (Å²) in [6.07, 6.45) is 2.52. The van der Waals surface area contributed by atoms with E-state index in [1.54, 1.807) is 19.9 Å². The number of ketones is 1. The lowest BCUT2D eigenvalue weighted by molar-refractivity contribution is -0.113. The molecule has 0 saturated heterocycles. The first-order chi connectivity index (χ1) is 11.8.